The first-order valence-electron chi connectivity index (χ1n) is 41.5. The molecule has 12 N–H and O–H groups in total. The Hall–Kier alpha value is -16.1. The lowest BCUT2D eigenvalue weighted by Gasteiger charge is -2.32. The predicted octanol–water partition coefficient (Wildman–Crippen LogP) is 23.8. The van der Waals surface area contributed by atoms with Crippen LogP contribution < -0.4 is 28.4 Å². The zero-order valence-corrected chi connectivity index (χ0v) is 71.9. The molecule has 0 fully saturated rings. The molecule has 4 aliphatic carbocycles. The highest BCUT2D eigenvalue weighted by Gasteiger charge is 2.55. The first kappa shape index (κ1) is 81.6. The summed E-state index contributed by atoms with van der Waals surface area (Å²) in [6, 6.07) is 78.7. The van der Waals surface area contributed by atoms with Crippen molar-refractivity contribution in [1.29, 1.82) is 0 Å². The lowest BCUT2D eigenvalue weighted by molar-refractivity contribution is 0.324. The van der Waals surface area contributed by atoms with Crippen LogP contribution in [-0.2, 0) is 10.8 Å². The van der Waals surface area contributed by atoms with Crippen molar-refractivity contribution in [3.63, 3.8) is 0 Å². The van der Waals surface area contributed by atoms with E-state index in [0.717, 1.165) is 66.8 Å². The minimum atomic E-state index is -1.25. The molecule has 18 heteroatoms. The van der Waals surface area contributed by atoms with Gasteiger partial charge in [-0.2, -0.15) is 0 Å². The zero-order valence-electron chi connectivity index (χ0n) is 71.9. The smallest absolute Gasteiger partial charge is 0.203 e. The van der Waals surface area contributed by atoms with Crippen molar-refractivity contribution in [2.45, 2.75) is 52.4 Å². The highest BCUT2D eigenvalue weighted by molar-refractivity contribution is 6.02. The molecule has 0 saturated heterocycles. The number of methoxy groups -OCH3 is 6. The average molecular weight is 1700 g/mol. The van der Waals surface area contributed by atoms with E-state index in [-0.39, 0.29) is 0 Å². The standard InChI is InChI=1S/C61H56O6.C49H32O12/c1-33-21-43(22-34(2)37(33)5)39-13-17-47-49-19-15-41(45-29-55(62-7)59(66-11)56(30-45)63-8)27-53(49)61(51(47)25-39)52-26-40(44-23-35(3)38(6)36(4)24-44)14-18-48(52)50-20-16-42(28-54(50)61)46-31-57(64-9)60(67-12)58(32-46)65-10;50-37-13-25(14-38(51)45(37)58)21-1-5-29-30-6-2-22(26-15-39(52)46(59)40(53)16-26)10-34(30)49(33(29)9-21)35-11-23(27-17-41(54)47(60)42(55)18-27)3-7-31(35)32-8-4-24(12-36(32)49)28-19-43(56)48(61)44(57)20-28/h13-32H,1-12H3;1-20,50-61H. The predicted molar refractivity (Wildman–Crippen MR) is 497 cm³/mol. The van der Waals surface area contributed by atoms with Crippen LogP contribution in [0.3, 0.4) is 0 Å². The lowest BCUT2D eigenvalue weighted by atomic mass is 9.69. The Bertz CT molecular complexity index is 6610. The fourth-order valence-electron chi connectivity index (χ4n) is 19.9. The number of aryl methyl sites for hydroxylation is 4. The van der Waals surface area contributed by atoms with Crippen LogP contribution in [0.2, 0.25) is 0 Å². The van der Waals surface area contributed by atoms with E-state index in [1.807, 2.05) is 97.1 Å². The number of phenols is 12. The van der Waals surface area contributed by atoms with Crippen LogP contribution in [0.1, 0.15) is 77.9 Å². The van der Waals surface area contributed by atoms with Gasteiger partial charge in [-0.05, 0) is 374 Å². The van der Waals surface area contributed by atoms with Gasteiger partial charge in [-0.1, -0.05) is 121 Å². The van der Waals surface area contributed by atoms with Crippen molar-refractivity contribution >= 4 is 0 Å². The third-order valence-corrected chi connectivity index (χ3v) is 26.7. The average Bonchev–Trinajstić information content (AvgIpc) is 1.51. The maximum atomic E-state index is 10.6. The van der Waals surface area contributed by atoms with Crippen LogP contribution in [-0.4, -0.2) is 104 Å². The highest BCUT2D eigenvalue weighted by atomic mass is 16.5. The quantitative estimate of drug-likeness (QED) is 0.0450. The fourth-order valence-corrected chi connectivity index (χ4v) is 19.9. The molecule has 0 unspecified atom stereocenters. The Kier molecular flexibility index (Phi) is 19.4. The summed E-state index contributed by atoms with van der Waals surface area (Å²) in [7, 11) is 9.93. The highest BCUT2D eigenvalue weighted by Crippen LogP contribution is 2.68. The molecule has 4 aliphatic rings. The second-order valence-corrected chi connectivity index (χ2v) is 33.3. The fraction of sp³-hybridized carbons (Fsp3) is 0.127. The van der Waals surface area contributed by atoms with Crippen molar-refractivity contribution in [2.75, 3.05) is 42.7 Å². The van der Waals surface area contributed by atoms with Crippen LogP contribution in [0.15, 0.2) is 243 Å². The SMILES string of the molecule is COc1cc(-c2ccc3c(c2)C2(c4cc(-c5cc(C)c(C)c(C)c5)ccc4-3)c3cc(-c4cc(C)c(C)c(C)c4)ccc3-c3ccc(-c4cc(OC)c(OC)c(OC)c4)cc32)cc(OC)c1OC.Oc1cc(-c2ccc3c(c2)C2(c4cc(-c5cc(O)c(O)c(O)c5)ccc4-3)c3cc(-c4cc(O)c(O)c(O)c4)ccc3-c3ccc(-c4cc(O)c(O)c(O)c4)cc32)cc(O)c1O. The summed E-state index contributed by atoms with van der Waals surface area (Å²) >= 11 is 0. The van der Waals surface area contributed by atoms with Crippen molar-refractivity contribution < 1.29 is 89.7 Å². The molecule has 636 valence electrons. The molecular formula is C110H88O18. The van der Waals surface area contributed by atoms with Crippen molar-refractivity contribution in [3.05, 3.63) is 321 Å². The molecule has 0 bridgehead atoms. The van der Waals surface area contributed by atoms with Crippen molar-refractivity contribution in [3.8, 4) is 237 Å². The molecule has 0 aromatic heterocycles. The molecule has 0 aliphatic heterocycles. The molecular weight excluding hydrogens is 1610 g/mol. The summed E-state index contributed by atoms with van der Waals surface area (Å²) in [6.45, 7) is 13.3. The van der Waals surface area contributed by atoms with Gasteiger partial charge < -0.3 is 89.7 Å². The Morgan fingerprint density at radius 1 is 0.172 bits per heavy atom. The van der Waals surface area contributed by atoms with Crippen molar-refractivity contribution in [2.24, 2.45) is 0 Å². The van der Waals surface area contributed by atoms with Gasteiger partial charge in [-0.3, -0.25) is 0 Å². The molecule has 0 amide bonds. The monoisotopic (exact) mass is 1700 g/mol. The second kappa shape index (κ2) is 30.4. The molecule has 16 aromatic carbocycles. The van der Waals surface area contributed by atoms with Gasteiger partial charge in [0.2, 0.25) is 11.5 Å². The van der Waals surface area contributed by atoms with Crippen LogP contribution in [0.25, 0.3) is 134 Å². The first-order chi connectivity index (χ1) is 61.5. The normalized spacial score (nSPS) is 12.7. The minimum Gasteiger partial charge on any atom is -0.504 e. The number of phenolic OH excluding ortho intramolecular Hbond substituents is 12. The van der Waals surface area contributed by atoms with Crippen LogP contribution >= 0.6 is 0 Å². The summed E-state index contributed by atoms with van der Waals surface area (Å²) in [4.78, 5) is 0. The third-order valence-electron chi connectivity index (χ3n) is 26.7. The maximum absolute atomic E-state index is 10.6. The number of ether oxygens (including phenoxy) is 6. The molecule has 128 heavy (non-hydrogen) atoms. The molecule has 18 nitrogen and oxygen atoms in total. The summed E-state index contributed by atoms with van der Waals surface area (Å²) in [5, 5.41) is 125. The van der Waals surface area contributed by atoms with E-state index in [1.54, 1.807) is 42.7 Å². The van der Waals surface area contributed by atoms with Gasteiger partial charge in [-0.15, -0.1) is 0 Å². The van der Waals surface area contributed by atoms with Gasteiger partial charge in [0.1, 0.15) is 0 Å². The lowest BCUT2D eigenvalue weighted by Crippen LogP contribution is -2.26. The van der Waals surface area contributed by atoms with E-state index in [1.165, 1.54) is 149 Å². The first-order valence-corrected chi connectivity index (χ1v) is 41.5. The molecule has 16 aromatic rings. The Labute approximate surface area is 738 Å². The van der Waals surface area contributed by atoms with Gasteiger partial charge in [0, 0.05) is 0 Å². The van der Waals surface area contributed by atoms with Crippen LogP contribution in [0.5, 0.6) is 103 Å². The number of aromatic hydroxyl groups is 12. The van der Waals surface area contributed by atoms with E-state index >= 15 is 0 Å². The minimum absolute atomic E-state index is 0.378. The largest absolute Gasteiger partial charge is 0.504 e. The molecule has 2 spiro atoms. The number of fused-ring (bicyclic) bond motifs is 20. The van der Waals surface area contributed by atoms with E-state index in [4.69, 9.17) is 28.4 Å². The molecule has 20 rings (SSSR count). The van der Waals surface area contributed by atoms with Gasteiger partial charge in [0.15, 0.2) is 92.0 Å². The number of hydrogen-bond donors (Lipinski definition) is 12. The number of hydrogen-bond acceptors (Lipinski definition) is 18. The van der Waals surface area contributed by atoms with Gasteiger partial charge >= 0.3 is 0 Å². The maximum Gasteiger partial charge on any atom is 0.203 e. The number of rotatable bonds is 14. The van der Waals surface area contributed by atoms with Crippen LogP contribution in [0.4, 0.5) is 0 Å². The summed E-state index contributed by atoms with van der Waals surface area (Å²) in [5.41, 5.74) is 34.0. The van der Waals surface area contributed by atoms with E-state index in [9.17, 15) is 61.3 Å². The molecule has 0 saturated carbocycles. The Morgan fingerprint density at radius 3 is 0.469 bits per heavy atom. The molecule has 0 atom stereocenters. The van der Waals surface area contributed by atoms with E-state index in [0.29, 0.717) is 79.0 Å². The van der Waals surface area contributed by atoms with Crippen molar-refractivity contribution in [1.82, 2.24) is 0 Å². The van der Waals surface area contributed by atoms with Gasteiger partial charge in [0.25, 0.3) is 0 Å². The topological polar surface area (TPSA) is 298 Å². The summed E-state index contributed by atoms with van der Waals surface area (Å²) in [5.74, 6) is -3.49. The Morgan fingerprint density at radius 2 is 0.320 bits per heavy atom. The number of benzene rings is 16. The van der Waals surface area contributed by atoms with E-state index < -0.39 is 79.8 Å². The van der Waals surface area contributed by atoms with Gasteiger partial charge in [0.05, 0.1) is 53.5 Å². The zero-order chi connectivity index (χ0) is 89.9. The molecule has 0 heterocycles. The molecule has 0 radical (unpaired) electrons. The van der Waals surface area contributed by atoms with E-state index in [2.05, 4.69) is 139 Å². The Balaban J connectivity index is 0.000000167. The second-order valence-electron chi connectivity index (χ2n) is 33.3. The third kappa shape index (κ3) is 12.4. The summed E-state index contributed by atoms with van der Waals surface area (Å²) < 4.78 is 35.2. The van der Waals surface area contributed by atoms with Gasteiger partial charge in [-0.25, -0.2) is 0 Å². The summed E-state index contributed by atoms with van der Waals surface area (Å²) in [6.07, 6.45) is 0. The van der Waals surface area contributed by atoms with Crippen LogP contribution in [0, 0.1) is 41.5 Å².